The first-order valence-corrected chi connectivity index (χ1v) is 12.9. The van der Waals surface area contributed by atoms with Crippen molar-refractivity contribution in [3.63, 3.8) is 0 Å². The molecule has 1 aromatic heterocycles. The number of aliphatic imine (C=N–C) groups is 1. The molecule has 0 atom stereocenters. The monoisotopic (exact) mass is 587 g/mol. The summed E-state index contributed by atoms with van der Waals surface area (Å²) in [5, 5.41) is 5.39. The van der Waals surface area contributed by atoms with E-state index in [4.69, 9.17) is 21.9 Å². The van der Waals surface area contributed by atoms with Gasteiger partial charge in [-0.25, -0.2) is 14.4 Å². The van der Waals surface area contributed by atoms with Crippen LogP contribution in [0.25, 0.3) is 0 Å². The molecule has 9 nitrogen and oxygen atoms in total. The number of alkyl halides is 3. The molecule has 0 spiro atoms. The number of amides is 1. The predicted octanol–water partition coefficient (Wildman–Crippen LogP) is 5.10. The van der Waals surface area contributed by atoms with Crippen molar-refractivity contribution >= 4 is 23.1 Å². The number of benzene rings is 2. The number of ether oxygens (including phenoxy) is 1. The summed E-state index contributed by atoms with van der Waals surface area (Å²) in [6, 6.07) is 12.7. The van der Waals surface area contributed by atoms with Crippen LogP contribution in [-0.4, -0.2) is 28.7 Å². The fourth-order valence-corrected chi connectivity index (χ4v) is 3.57. The van der Waals surface area contributed by atoms with Crippen molar-refractivity contribution < 1.29 is 27.1 Å². The van der Waals surface area contributed by atoms with Crippen molar-refractivity contribution in [1.29, 1.82) is 0 Å². The number of nitrogens with two attached hydrogens (primary N) is 3. The van der Waals surface area contributed by atoms with E-state index in [0.29, 0.717) is 24.4 Å². The molecule has 8 N–H and O–H groups in total. The minimum Gasteiger partial charge on any atom is -0.473 e. The van der Waals surface area contributed by atoms with Crippen molar-refractivity contribution in [3.05, 3.63) is 101 Å². The molecule has 0 saturated carbocycles. The van der Waals surface area contributed by atoms with E-state index in [-0.39, 0.29) is 41.9 Å². The molecule has 0 fully saturated rings. The molecule has 3 aromatic rings. The highest BCUT2D eigenvalue weighted by molar-refractivity contribution is 6.07. The Labute approximate surface area is 240 Å². The SMILES string of the molecule is CCC(=NC(OCC(C)(C)N)=C(N)N)c1ccc(CNc2ncc(C(F)(F)F)cc2C(=O)Nc2ccc(F)cc2)cc1. The van der Waals surface area contributed by atoms with E-state index in [0.717, 1.165) is 23.3 Å². The van der Waals surface area contributed by atoms with Crippen LogP contribution < -0.4 is 27.8 Å². The van der Waals surface area contributed by atoms with Crippen LogP contribution in [0.4, 0.5) is 29.1 Å². The highest BCUT2D eigenvalue weighted by Gasteiger charge is 2.32. The molecule has 42 heavy (non-hydrogen) atoms. The van der Waals surface area contributed by atoms with Crippen LogP contribution in [0, 0.1) is 5.82 Å². The van der Waals surface area contributed by atoms with E-state index in [9.17, 15) is 22.4 Å². The Morgan fingerprint density at radius 1 is 1.05 bits per heavy atom. The number of halogens is 4. The van der Waals surface area contributed by atoms with Gasteiger partial charge in [0, 0.05) is 24.0 Å². The molecule has 0 aliphatic carbocycles. The fraction of sp³-hybridized carbons (Fsp3) is 0.276. The normalized spacial score (nSPS) is 12.0. The number of anilines is 2. The first-order chi connectivity index (χ1) is 19.7. The molecule has 0 bridgehead atoms. The summed E-state index contributed by atoms with van der Waals surface area (Å²) in [5.41, 5.74) is 17.8. The average molecular weight is 588 g/mol. The van der Waals surface area contributed by atoms with E-state index in [1.54, 1.807) is 38.1 Å². The van der Waals surface area contributed by atoms with Gasteiger partial charge in [-0.2, -0.15) is 13.2 Å². The quantitative estimate of drug-likeness (QED) is 0.119. The Hall–Kier alpha value is -4.65. The number of nitrogens with one attached hydrogen (secondary N) is 2. The van der Waals surface area contributed by atoms with Crippen LogP contribution in [0.2, 0.25) is 0 Å². The average Bonchev–Trinajstić information content (AvgIpc) is 2.92. The molecule has 0 aliphatic rings. The molecule has 3 rings (SSSR count). The van der Waals surface area contributed by atoms with E-state index in [1.807, 2.05) is 6.92 Å². The third-order valence-corrected chi connectivity index (χ3v) is 5.71. The fourth-order valence-electron chi connectivity index (χ4n) is 3.57. The lowest BCUT2D eigenvalue weighted by molar-refractivity contribution is -0.137. The topological polar surface area (TPSA) is 154 Å². The third kappa shape index (κ3) is 9.20. The third-order valence-electron chi connectivity index (χ3n) is 5.71. The predicted molar refractivity (Wildman–Crippen MR) is 154 cm³/mol. The summed E-state index contributed by atoms with van der Waals surface area (Å²) in [6.07, 6.45) is -3.53. The van der Waals surface area contributed by atoms with Gasteiger partial charge in [-0.15, -0.1) is 0 Å². The zero-order valence-corrected chi connectivity index (χ0v) is 23.3. The van der Waals surface area contributed by atoms with Crippen LogP contribution in [0.1, 0.15) is 54.2 Å². The molecule has 0 radical (unpaired) electrons. The van der Waals surface area contributed by atoms with Gasteiger partial charge in [0.05, 0.1) is 16.8 Å². The van der Waals surface area contributed by atoms with Gasteiger partial charge < -0.3 is 32.6 Å². The number of hydrogen-bond acceptors (Lipinski definition) is 8. The smallest absolute Gasteiger partial charge is 0.417 e. The summed E-state index contributed by atoms with van der Waals surface area (Å²) >= 11 is 0. The lowest BCUT2D eigenvalue weighted by Gasteiger charge is -2.19. The van der Waals surface area contributed by atoms with E-state index in [2.05, 4.69) is 20.6 Å². The number of rotatable bonds is 11. The maximum absolute atomic E-state index is 13.4. The number of carbonyl (C=O) groups excluding carboxylic acids is 1. The number of carbonyl (C=O) groups is 1. The maximum Gasteiger partial charge on any atom is 0.417 e. The van der Waals surface area contributed by atoms with Crippen LogP contribution in [0.5, 0.6) is 0 Å². The minimum absolute atomic E-state index is 0.0596. The second kappa shape index (κ2) is 13.3. The van der Waals surface area contributed by atoms with Crippen molar-refractivity contribution in [1.82, 2.24) is 4.98 Å². The van der Waals surface area contributed by atoms with Crippen LogP contribution >= 0.6 is 0 Å². The second-order valence-corrected chi connectivity index (χ2v) is 10.1. The van der Waals surface area contributed by atoms with Gasteiger partial charge in [0.1, 0.15) is 18.2 Å². The Morgan fingerprint density at radius 2 is 1.69 bits per heavy atom. The summed E-state index contributed by atoms with van der Waals surface area (Å²) in [5.74, 6) is -1.45. The lowest BCUT2D eigenvalue weighted by atomic mass is 10.1. The maximum atomic E-state index is 13.4. The zero-order chi connectivity index (χ0) is 31.1. The van der Waals surface area contributed by atoms with Crippen LogP contribution in [0.15, 0.2) is 77.5 Å². The number of aromatic nitrogens is 1. The molecule has 0 unspecified atom stereocenters. The summed E-state index contributed by atoms with van der Waals surface area (Å²) in [7, 11) is 0. The van der Waals surface area contributed by atoms with E-state index < -0.39 is 29.0 Å². The van der Waals surface area contributed by atoms with Crippen molar-refractivity contribution in [3.8, 4) is 0 Å². The highest BCUT2D eigenvalue weighted by Crippen LogP contribution is 2.31. The van der Waals surface area contributed by atoms with Crippen LogP contribution in [-0.2, 0) is 17.5 Å². The largest absolute Gasteiger partial charge is 0.473 e. The number of pyridine rings is 1. The number of nitrogens with zero attached hydrogens (tertiary/aromatic N) is 2. The highest BCUT2D eigenvalue weighted by atomic mass is 19.4. The second-order valence-electron chi connectivity index (χ2n) is 10.1. The number of hydrogen-bond donors (Lipinski definition) is 5. The van der Waals surface area contributed by atoms with Crippen molar-refractivity contribution in [2.45, 2.75) is 45.5 Å². The van der Waals surface area contributed by atoms with Gasteiger partial charge in [0.15, 0.2) is 5.82 Å². The van der Waals surface area contributed by atoms with Crippen molar-refractivity contribution in [2.24, 2.45) is 22.2 Å². The minimum atomic E-state index is -4.71. The van der Waals surface area contributed by atoms with Gasteiger partial charge in [0.25, 0.3) is 11.8 Å². The van der Waals surface area contributed by atoms with Gasteiger partial charge in [-0.1, -0.05) is 31.2 Å². The standard InChI is InChI=1S/C29H33F4N7O2/c1-4-23(40-27(24(34)35)42-16-28(2,3)36)18-7-5-17(6-8-18)14-37-25-22(13-19(15-38-25)29(31,32)33)26(41)39-21-11-9-20(30)10-12-21/h5-13,15H,4,14,16,34-36H2,1-3H3,(H,37,38)(H,39,41). The summed E-state index contributed by atoms with van der Waals surface area (Å²) < 4.78 is 58.9. The Kier molecular flexibility index (Phi) is 10.1. The Morgan fingerprint density at radius 3 is 2.24 bits per heavy atom. The molecular formula is C29H33F4N7O2. The van der Waals surface area contributed by atoms with Gasteiger partial charge in [-0.05, 0) is 61.7 Å². The Bertz CT molecular complexity index is 1440. The zero-order valence-electron chi connectivity index (χ0n) is 23.3. The lowest BCUT2D eigenvalue weighted by Crippen LogP contribution is -2.37. The molecule has 2 aromatic carbocycles. The Balaban J connectivity index is 1.80. The van der Waals surface area contributed by atoms with Crippen molar-refractivity contribution in [2.75, 3.05) is 17.2 Å². The van der Waals surface area contributed by atoms with Gasteiger partial charge >= 0.3 is 6.18 Å². The first kappa shape index (κ1) is 31.9. The summed E-state index contributed by atoms with van der Waals surface area (Å²) in [4.78, 5) is 21.2. The van der Waals surface area contributed by atoms with Gasteiger partial charge in [0.2, 0.25) is 0 Å². The molecule has 0 saturated heterocycles. The molecule has 13 heteroatoms. The van der Waals surface area contributed by atoms with Crippen LogP contribution in [0.3, 0.4) is 0 Å². The molecule has 1 heterocycles. The molecular weight excluding hydrogens is 554 g/mol. The molecule has 0 aliphatic heterocycles. The van der Waals surface area contributed by atoms with E-state index >= 15 is 0 Å². The molecule has 224 valence electrons. The van der Waals surface area contributed by atoms with Gasteiger partial charge in [-0.3, -0.25) is 4.79 Å². The van der Waals surface area contributed by atoms with E-state index in [1.165, 1.54) is 12.1 Å². The summed E-state index contributed by atoms with van der Waals surface area (Å²) in [6.45, 7) is 5.77. The first-order valence-electron chi connectivity index (χ1n) is 12.9. The molecule has 1 amide bonds.